The summed E-state index contributed by atoms with van der Waals surface area (Å²) >= 11 is 0. The molecule has 1 aliphatic heterocycles. The van der Waals surface area contributed by atoms with Gasteiger partial charge in [-0.1, -0.05) is 17.3 Å². The SMILES string of the molecule is CC(=NO)c1ccc(N2CCN(C(=O)OC(C)(C)C)N(C(=O)OC(C)(C)C)CC2)cc1. The molecule has 1 saturated heterocycles. The number of ether oxygens (including phenoxy) is 2. The normalized spacial score (nSPS) is 16.1. The van der Waals surface area contributed by atoms with Gasteiger partial charge in [0.1, 0.15) is 11.2 Å². The van der Waals surface area contributed by atoms with Crippen LogP contribution in [0.15, 0.2) is 29.4 Å². The summed E-state index contributed by atoms with van der Waals surface area (Å²) in [5.41, 5.74) is 0.890. The van der Waals surface area contributed by atoms with Crippen molar-refractivity contribution in [2.45, 2.75) is 59.7 Å². The monoisotopic (exact) mass is 434 g/mol. The van der Waals surface area contributed by atoms with Gasteiger partial charge in [-0.2, -0.15) is 0 Å². The van der Waals surface area contributed by atoms with E-state index >= 15 is 0 Å². The van der Waals surface area contributed by atoms with Crippen LogP contribution in [0.25, 0.3) is 0 Å². The molecule has 2 rings (SSSR count). The molecule has 1 N–H and O–H groups in total. The first-order valence-electron chi connectivity index (χ1n) is 10.4. The Balaban J connectivity index is 2.24. The van der Waals surface area contributed by atoms with Gasteiger partial charge in [0.25, 0.3) is 0 Å². The molecule has 2 amide bonds. The van der Waals surface area contributed by atoms with Crippen molar-refractivity contribution in [3.63, 3.8) is 0 Å². The molecule has 1 aliphatic rings. The van der Waals surface area contributed by atoms with Gasteiger partial charge in [0.05, 0.1) is 18.8 Å². The van der Waals surface area contributed by atoms with Gasteiger partial charge < -0.3 is 19.6 Å². The fourth-order valence-electron chi connectivity index (χ4n) is 3.02. The molecule has 1 aromatic carbocycles. The number of benzene rings is 1. The molecule has 9 heteroatoms. The van der Waals surface area contributed by atoms with E-state index in [1.54, 1.807) is 48.5 Å². The lowest BCUT2D eigenvalue weighted by Crippen LogP contribution is -2.53. The number of hydrogen-bond donors (Lipinski definition) is 1. The third-order valence-corrected chi connectivity index (χ3v) is 4.46. The lowest BCUT2D eigenvalue weighted by atomic mass is 10.1. The topological polar surface area (TPSA) is 94.9 Å². The molecule has 1 aromatic rings. The first kappa shape index (κ1) is 24.3. The standard InChI is InChI=1S/C22H34N4O5/c1-16(23-29)17-8-10-18(11-9-17)24-12-14-25(19(27)30-21(2,3)4)26(15-13-24)20(28)31-22(5,6)7/h8-11,29H,12-15H2,1-7H3. The van der Waals surface area contributed by atoms with Gasteiger partial charge >= 0.3 is 12.2 Å². The molecule has 0 aromatic heterocycles. The van der Waals surface area contributed by atoms with Crippen LogP contribution in [0.3, 0.4) is 0 Å². The van der Waals surface area contributed by atoms with Crippen molar-refractivity contribution in [1.82, 2.24) is 10.0 Å². The molecule has 172 valence electrons. The minimum absolute atomic E-state index is 0.257. The molecule has 0 saturated carbocycles. The van der Waals surface area contributed by atoms with Crippen molar-refractivity contribution in [3.8, 4) is 0 Å². The highest BCUT2D eigenvalue weighted by Crippen LogP contribution is 2.21. The van der Waals surface area contributed by atoms with Gasteiger partial charge in [-0.25, -0.2) is 19.6 Å². The second-order valence-corrected chi connectivity index (χ2v) is 9.43. The van der Waals surface area contributed by atoms with Crippen LogP contribution in [0.4, 0.5) is 15.3 Å². The van der Waals surface area contributed by atoms with Gasteiger partial charge in [-0.3, -0.25) is 0 Å². The van der Waals surface area contributed by atoms with E-state index in [1.807, 2.05) is 24.3 Å². The summed E-state index contributed by atoms with van der Waals surface area (Å²) in [4.78, 5) is 27.8. The summed E-state index contributed by atoms with van der Waals surface area (Å²) in [6, 6.07) is 7.58. The highest BCUT2D eigenvalue weighted by Gasteiger charge is 2.35. The number of carbonyl (C=O) groups excluding carboxylic acids is 2. The average Bonchev–Trinajstić information content (AvgIpc) is 2.88. The van der Waals surface area contributed by atoms with Crippen LogP contribution in [0, 0.1) is 0 Å². The van der Waals surface area contributed by atoms with E-state index in [-0.39, 0.29) is 13.1 Å². The van der Waals surface area contributed by atoms with Crippen molar-refractivity contribution in [2.24, 2.45) is 5.16 Å². The molecule has 0 bridgehead atoms. The van der Waals surface area contributed by atoms with Gasteiger partial charge in [-0.05, 0) is 66.2 Å². The van der Waals surface area contributed by atoms with Crippen LogP contribution in [0.1, 0.15) is 54.0 Å². The summed E-state index contributed by atoms with van der Waals surface area (Å²) in [5, 5.41) is 14.8. The summed E-state index contributed by atoms with van der Waals surface area (Å²) in [7, 11) is 0. The molecule has 9 nitrogen and oxygen atoms in total. The van der Waals surface area contributed by atoms with Crippen LogP contribution in [-0.2, 0) is 9.47 Å². The van der Waals surface area contributed by atoms with Crippen molar-refractivity contribution < 1.29 is 24.3 Å². The summed E-state index contributed by atoms with van der Waals surface area (Å²) < 4.78 is 11.0. The Morgan fingerprint density at radius 1 is 0.839 bits per heavy atom. The Morgan fingerprint density at radius 2 is 1.26 bits per heavy atom. The molecule has 1 fully saturated rings. The van der Waals surface area contributed by atoms with Gasteiger partial charge in [0.15, 0.2) is 0 Å². The molecule has 0 aliphatic carbocycles. The Labute approximate surface area is 184 Å². The first-order chi connectivity index (χ1) is 14.3. The highest BCUT2D eigenvalue weighted by molar-refractivity contribution is 5.98. The number of hydrogen-bond acceptors (Lipinski definition) is 7. The smallest absolute Gasteiger partial charge is 0.429 e. The van der Waals surface area contributed by atoms with Crippen molar-refractivity contribution in [3.05, 3.63) is 29.8 Å². The molecule has 1 heterocycles. The Bertz CT molecular complexity index is 771. The minimum Gasteiger partial charge on any atom is -0.442 e. The molecule has 0 unspecified atom stereocenters. The maximum atomic E-state index is 12.8. The number of hydrazine groups is 1. The zero-order valence-corrected chi connectivity index (χ0v) is 19.5. The minimum atomic E-state index is -0.690. The van der Waals surface area contributed by atoms with E-state index in [0.717, 1.165) is 11.3 Å². The Hall–Kier alpha value is -2.97. The maximum absolute atomic E-state index is 12.8. The Morgan fingerprint density at radius 3 is 1.61 bits per heavy atom. The predicted molar refractivity (Wildman–Crippen MR) is 119 cm³/mol. The second-order valence-electron chi connectivity index (χ2n) is 9.43. The zero-order chi connectivity index (χ0) is 23.4. The lowest BCUT2D eigenvalue weighted by molar-refractivity contribution is -0.0572. The molecule has 0 spiro atoms. The predicted octanol–water partition coefficient (Wildman–Crippen LogP) is 4.09. The van der Waals surface area contributed by atoms with Crippen molar-refractivity contribution >= 4 is 23.6 Å². The molecular weight excluding hydrogens is 400 g/mol. The number of rotatable bonds is 2. The summed E-state index contributed by atoms with van der Waals surface area (Å²) in [6.07, 6.45) is -1.18. The van der Waals surface area contributed by atoms with E-state index < -0.39 is 23.4 Å². The van der Waals surface area contributed by atoms with E-state index in [9.17, 15) is 9.59 Å². The zero-order valence-electron chi connectivity index (χ0n) is 19.5. The van der Waals surface area contributed by atoms with Crippen LogP contribution in [-0.4, -0.2) is 70.5 Å². The fourth-order valence-corrected chi connectivity index (χ4v) is 3.02. The van der Waals surface area contributed by atoms with Crippen molar-refractivity contribution in [1.29, 1.82) is 0 Å². The van der Waals surface area contributed by atoms with Crippen LogP contribution in [0.2, 0.25) is 0 Å². The van der Waals surface area contributed by atoms with Crippen molar-refractivity contribution in [2.75, 3.05) is 31.1 Å². The quantitative estimate of drug-likeness (QED) is 0.428. The lowest BCUT2D eigenvalue weighted by Gasteiger charge is -2.35. The molecule has 31 heavy (non-hydrogen) atoms. The van der Waals surface area contributed by atoms with Gasteiger partial charge in [0.2, 0.25) is 0 Å². The number of nitrogens with zero attached hydrogens (tertiary/aromatic N) is 4. The van der Waals surface area contributed by atoms with E-state index in [4.69, 9.17) is 14.7 Å². The third-order valence-electron chi connectivity index (χ3n) is 4.46. The first-order valence-corrected chi connectivity index (χ1v) is 10.4. The van der Waals surface area contributed by atoms with Crippen LogP contribution >= 0.6 is 0 Å². The molecule has 0 atom stereocenters. The summed E-state index contributed by atoms with van der Waals surface area (Å²) in [5.74, 6) is 0. The second kappa shape index (κ2) is 9.45. The van der Waals surface area contributed by atoms with Gasteiger partial charge in [-0.15, -0.1) is 0 Å². The van der Waals surface area contributed by atoms with E-state index in [2.05, 4.69) is 10.1 Å². The molecular formula is C22H34N4O5. The number of anilines is 1. The number of oxime groups is 1. The maximum Gasteiger partial charge on any atom is 0.429 e. The van der Waals surface area contributed by atoms with E-state index in [0.29, 0.717) is 18.8 Å². The highest BCUT2D eigenvalue weighted by atomic mass is 16.6. The third kappa shape index (κ3) is 7.04. The molecule has 0 radical (unpaired) electrons. The number of carbonyl (C=O) groups is 2. The van der Waals surface area contributed by atoms with E-state index in [1.165, 1.54) is 10.0 Å². The average molecular weight is 435 g/mol. The van der Waals surface area contributed by atoms with Crippen LogP contribution < -0.4 is 4.90 Å². The largest absolute Gasteiger partial charge is 0.442 e. The fraction of sp³-hybridized carbons (Fsp3) is 0.591. The Kier molecular flexibility index (Phi) is 7.41. The van der Waals surface area contributed by atoms with Gasteiger partial charge in [0, 0.05) is 18.8 Å². The summed E-state index contributed by atoms with van der Waals surface area (Å²) in [6.45, 7) is 13.9. The number of amides is 2. The van der Waals surface area contributed by atoms with Crippen LogP contribution in [0.5, 0.6) is 0 Å².